The molecule has 2 unspecified atom stereocenters. The van der Waals surface area contributed by atoms with Crippen molar-refractivity contribution in [3.8, 4) is 0 Å². The molecule has 1 fully saturated rings. The first-order valence-electron chi connectivity index (χ1n) is 4.60. The number of carbonyl (C=O) groups excluding carboxylic acids is 1. The zero-order valence-corrected chi connectivity index (χ0v) is 10.0. The zero-order valence-electron chi connectivity index (χ0n) is 8.51. The molecule has 0 bridgehead atoms. The van der Waals surface area contributed by atoms with Crippen LogP contribution >= 0.6 is 23.2 Å². The SMILES string of the molecule is CCOC(=O)C1C(C=C(Cl)Cl)C1(C)C. The minimum absolute atomic E-state index is 0.0821. The average Bonchev–Trinajstić information content (AvgIpc) is 2.52. The molecule has 0 aromatic carbocycles. The van der Waals surface area contributed by atoms with Crippen LogP contribution < -0.4 is 0 Å². The first-order chi connectivity index (χ1) is 6.41. The highest BCUT2D eigenvalue weighted by atomic mass is 35.5. The summed E-state index contributed by atoms with van der Waals surface area (Å²) < 4.78 is 5.18. The molecule has 0 saturated heterocycles. The smallest absolute Gasteiger partial charge is 0.310 e. The number of rotatable bonds is 3. The summed E-state index contributed by atoms with van der Waals surface area (Å²) in [5.41, 5.74) is -0.0821. The van der Waals surface area contributed by atoms with Crippen molar-refractivity contribution in [3.63, 3.8) is 0 Å². The second kappa shape index (κ2) is 4.11. The van der Waals surface area contributed by atoms with Gasteiger partial charge >= 0.3 is 5.97 Å². The van der Waals surface area contributed by atoms with Crippen molar-refractivity contribution in [1.82, 2.24) is 0 Å². The van der Waals surface area contributed by atoms with Gasteiger partial charge in [-0.15, -0.1) is 0 Å². The first-order valence-corrected chi connectivity index (χ1v) is 5.36. The summed E-state index contributed by atoms with van der Waals surface area (Å²) in [4.78, 5) is 11.5. The Morgan fingerprint density at radius 1 is 1.50 bits per heavy atom. The quantitative estimate of drug-likeness (QED) is 0.705. The molecule has 0 aliphatic heterocycles. The molecule has 0 amide bonds. The summed E-state index contributed by atoms with van der Waals surface area (Å²) in [6.07, 6.45) is 1.71. The Kier molecular flexibility index (Phi) is 3.49. The van der Waals surface area contributed by atoms with Crippen molar-refractivity contribution >= 4 is 29.2 Å². The van der Waals surface area contributed by atoms with Crippen LogP contribution in [-0.4, -0.2) is 12.6 Å². The van der Waals surface area contributed by atoms with Crippen molar-refractivity contribution in [2.45, 2.75) is 20.8 Å². The molecule has 2 nitrogen and oxygen atoms in total. The number of esters is 1. The van der Waals surface area contributed by atoms with E-state index in [0.717, 1.165) is 0 Å². The van der Waals surface area contributed by atoms with Gasteiger partial charge in [-0.2, -0.15) is 0 Å². The van der Waals surface area contributed by atoms with Gasteiger partial charge in [0, 0.05) is 0 Å². The molecule has 2 atom stereocenters. The monoisotopic (exact) mass is 236 g/mol. The Labute approximate surface area is 94.2 Å². The molecule has 1 aliphatic rings. The highest BCUT2D eigenvalue weighted by molar-refractivity contribution is 6.55. The van der Waals surface area contributed by atoms with E-state index in [1.165, 1.54) is 0 Å². The summed E-state index contributed by atoms with van der Waals surface area (Å²) in [6.45, 7) is 6.22. The van der Waals surface area contributed by atoms with Gasteiger partial charge in [-0.1, -0.05) is 37.0 Å². The zero-order chi connectivity index (χ0) is 10.9. The normalized spacial score (nSPS) is 28.1. The van der Waals surface area contributed by atoms with E-state index >= 15 is 0 Å². The van der Waals surface area contributed by atoms with Crippen LogP contribution in [0.4, 0.5) is 0 Å². The predicted molar refractivity (Wildman–Crippen MR) is 57.2 cm³/mol. The van der Waals surface area contributed by atoms with Gasteiger partial charge < -0.3 is 4.74 Å². The van der Waals surface area contributed by atoms with Gasteiger partial charge in [0.15, 0.2) is 0 Å². The number of halogens is 2. The van der Waals surface area contributed by atoms with E-state index in [2.05, 4.69) is 0 Å². The average molecular weight is 237 g/mol. The molecular formula is C10H14Cl2O2. The van der Waals surface area contributed by atoms with E-state index in [4.69, 9.17) is 27.9 Å². The minimum Gasteiger partial charge on any atom is -0.466 e. The minimum atomic E-state index is -0.159. The third kappa shape index (κ3) is 2.23. The van der Waals surface area contributed by atoms with E-state index in [0.29, 0.717) is 6.61 Å². The maximum Gasteiger partial charge on any atom is 0.310 e. The van der Waals surface area contributed by atoms with Crippen molar-refractivity contribution in [3.05, 3.63) is 10.6 Å². The largest absolute Gasteiger partial charge is 0.466 e. The Balaban J connectivity index is 2.66. The number of carbonyl (C=O) groups is 1. The lowest BCUT2D eigenvalue weighted by atomic mass is 10.1. The maximum atomic E-state index is 11.5. The van der Waals surface area contributed by atoms with E-state index in [1.807, 2.05) is 13.8 Å². The van der Waals surface area contributed by atoms with Crippen LogP contribution in [0.15, 0.2) is 10.6 Å². The second-order valence-corrected chi connectivity index (χ2v) is 5.04. The molecule has 0 N–H and O–H groups in total. The lowest BCUT2D eigenvalue weighted by molar-refractivity contribution is -0.145. The van der Waals surface area contributed by atoms with Gasteiger partial charge in [0.1, 0.15) is 4.49 Å². The summed E-state index contributed by atoms with van der Waals surface area (Å²) in [5, 5.41) is 0. The van der Waals surface area contributed by atoms with Crippen molar-refractivity contribution < 1.29 is 9.53 Å². The van der Waals surface area contributed by atoms with Crippen molar-refractivity contribution in [1.29, 1.82) is 0 Å². The second-order valence-electron chi connectivity index (χ2n) is 4.03. The van der Waals surface area contributed by atoms with Crippen molar-refractivity contribution in [2.75, 3.05) is 6.61 Å². The van der Waals surface area contributed by atoms with E-state index in [9.17, 15) is 4.79 Å². The molecule has 0 aromatic rings. The standard InChI is InChI=1S/C10H14Cl2O2/c1-4-14-9(13)8-6(5-7(11)12)10(8,2)3/h5-6,8H,4H2,1-3H3. The van der Waals surface area contributed by atoms with Gasteiger partial charge in [-0.3, -0.25) is 4.79 Å². The summed E-state index contributed by atoms with van der Waals surface area (Å²) >= 11 is 11.1. The molecule has 0 aromatic heterocycles. The van der Waals surface area contributed by atoms with Crippen LogP contribution in [0.3, 0.4) is 0 Å². The molecule has 1 saturated carbocycles. The Hall–Kier alpha value is -0.210. The molecule has 80 valence electrons. The fraction of sp³-hybridized carbons (Fsp3) is 0.700. The topological polar surface area (TPSA) is 26.3 Å². The van der Waals surface area contributed by atoms with Crippen LogP contribution in [0.1, 0.15) is 20.8 Å². The maximum absolute atomic E-state index is 11.5. The van der Waals surface area contributed by atoms with Crippen LogP contribution in [-0.2, 0) is 9.53 Å². The molecule has 0 heterocycles. The predicted octanol–water partition coefficient (Wildman–Crippen LogP) is 3.14. The van der Waals surface area contributed by atoms with Crippen LogP contribution in [0.25, 0.3) is 0 Å². The highest BCUT2D eigenvalue weighted by Gasteiger charge is 2.61. The Morgan fingerprint density at radius 2 is 2.07 bits per heavy atom. The van der Waals surface area contributed by atoms with E-state index in [-0.39, 0.29) is 27.7 Å². The van der Waals surface area contributed by atoms with Gasteiger partial charge in [-0.05, 0) is 24.3 Å². The molecule has 0 spiro atoms. The van der Waals surface area contributed by atoms with Gasteiger partial charge in [0.05, 0.1) is 12.5 Å². The molecule has 1 aliphatic carbocycles. The summed E-state index contributed by atoms with van der Waals surface area (Å²) in [6, 6.07) is 0. The fourth-order valence-electron chi connectivity index (χ4n) is 1.81. The molecule has 4 heteroatoms. The number of hydrogen-bond donors (Lipinski definition) is 0. The summed E-state index contributed by atoms with van der Waals surface area (Å²) in [7, 11) is 0. The third-order valence-electron chi connectivity index (χ3n) is 2.76. The third-order valence-corrected chi connectivity index (χ3v) is 3.01. The van der Waals surface area contributed by atoms with Crippen molar-refractivity contribution in [2.24, 2.45) is 17.3 Å². The molecular weight excluding hydrogens is 223 g/mol. The molecule has 1 rings (SSSR count). The number of hydrogen-bond acceptors (Lipinski definition) is 2. The highest BCUT2D eigenvalue weighted by Crippen LogP contribution is 2.60. The summed E-state index contributed by atoms with van der Waals surface area (Å²) in [5.74, 6) is -0.158. The van der Waals surface area contributed by atoms with Gasteiger partial charge in [0.2, 0.25) is 0 Å². The molecule has 0 radical (unpaired) electrons. The Bertz CT molecular complexity index is 267. The lowest BCUT2D eigenvalue weighted by Crippen LogP contribution is -2.10. The lowest BCUT2D eigenvalue weighted by Gasteiger charge is -2.01. The first kappa shape index (κ1) is 11.9. The Morgan fingerprint density at radius 3 is 2.50 bits per heavy atom. The molecule has 14 heavy (non-hydrogen) atoms. The fourth-order valence-corrected chi connectivity index (χ4v) is 2.08. The van der Waals surface area contributed by atoms with E-state index < -0.39 is 0 Å². The van der Waals surface area contributed by atoms with E-state index in [1.54, 1.807) is 13.0 Å². The number of ether oxygens (including phenoxy) is 1. The van der Waals surface area contributed by atoms with Gasteiger partial charge in [0.25, 0.3) is 0 Å². The number of allylic oxidation sites excluding steroid dienone is 1. The van der Waals surface area contributed by atoms with Crippen LogP contribution in [0.2, 0.25) is 0 Å². The van der Waals surface area contributed by atoms with Crippen LogP contribution in [0.5, 0.6) is 0 Å². The van der Waals surface area contributed by atoms with Crippen LogP contribution in [0, 0.1) is 17.3 Å². The van der Waals surface area contributed by atoms with Gasteiger partial charge in [-0.25, -0.2) is 0 Å².